The van der Waals surface area contributed by atoms with Gasteiger partial charge in [0.25, 0.3) is 0 Å². The SMILES string of the molecule is O=C(O)C(Oc1nsc2ccc(F)cc12)c1ccccc1. The lowest BCUT2D eigenvalue weighted by atomic mass is 10.1. The summed E-state index contributed by atoms with van der Waals surface area (Å²) < 4.78 is 23.6. The molecular weight excluding hydrogens is 293 g/mol. The second kappa shape index (κ2) is 5.49. The topological polar surface area (TPSA) is 59.4 Å². The first-order valence-corrected chi connectivity index (χ1v) is 6.92. The van der Waals surface area contributed by atoms with E-state index in [0.29, 0.717) is 10.9 Å². The Kier molecular flexibility index (Phi) is 3.53. The van der Waals surface area contributed by atoms with Crippen molar-refractivity contribution >= 4 is 27.6 Å². The summed E-state index contributed by atoms with van der Waals surface area (Å²) >= 11 is 1.14. The molecule has 1 unspecified atom stereocenters. The van der Waals surface area contributed by atoms with Crippen LogP contribution in [0.2, 0.25) is 0 Å². The fraction of sp³-hybridized carbons (Fsp3) is 0.0667. The molecule has 1 heterocycles. The predicted octanol–water partition coefficient (Wildman–Crippen LogP) is 3.64. The number of carboxylic acids is 1. The summed E-state index contributed by atoms with van der Waals surface area (Å²) in [5.74, 6) is -1.41. The molecule has 0 saturated carbocycles. The first-order chi connectivity index (χ1) is 10.1. The van der Waals surface area contributed by atoms with Crippen LogP contribution in [-0.2, 0) is 4.79 Å². The number of benzene rings is 2. The van der Waals surface area contributed by atoms with Crippen LogP contribution in [0.4, 0.5) is 4.39 Å². The van der Waals surface area contributed by atoms with Gasteiger partial charge >= 0.3 is 5.97 Å². The Morgan fingerprint density at radius 3 is 2.71 bits per heavy atom. The van der Waals surface area contributed by atoms with Crippen LogP contribution < -0.4 is 4.74 Å². The van der Waals surface area contributed by atoms with E-state index in [1.165, 1.54) is 12.1 Å². The Hall–Kier alpha value is -2.47. The lowest BCUT2D eigenvalue weighted by Crippen LogP contribution is -2.18. The standard InChI is InChI=1S/C15H10FNO3S/c16-10-6-7-12-11(8-10)14(17-21-12)20-13(15(18)19)9-4-2-1-3-5-9/h1-8,13H,(H,18,19). The number of nitrogens with zero attached hydrogens (tertiary/aromatic N) is 1. The maximum absolute atomic E-state index is 13.3. The first kappa shape index (κ1) is 13.5. The molecule has 0 fully saturated rings. The molecule has 1 N–H and O–H groups in total. The van der Waals surface area contributed by atoms with Crippen molar-refractivity contribution in [3.63, 3.8) is 0 Å². The minimum Gasteiger partial charge on any atom is -0.478 e. The van der Waals surface area contributed by atoms with E-state index in [4.69, 9.17) is 4.74 Å². The molecule has 21 heavy (non-hydrogen) atoms. The van der Waals surface area contributed by atoms with Gasteiger partial charge in [-0.25, -0.2) is 9.18 Å². The third kappa shape index (κ3) is 2.71. The quantitative estimate of drug-likeness (QED) is 0.799. The van der Waals surface area contributed by atoms with Crippen molar-refractivity contribution in [2.75, 3.05) is 0 Å². The summed E-state index contributed by atoms with van der Waals surface area (Å²) in [5.41, 5.74) is 0.502. The molecule has 0 aliphatic heterocycles. The van der Waals surface area contributed by atoms with Crippen LogP contribution in [0.15, 0.2) is 48.5 Å². The van der Waals surface area contributed by atoms with Crippen molar-refractivity contribution < 1.29 is 19.0 Å². The highest BCUT2D eigenvalue weighted by Gasteiger charge is 2.24. The van der Waals surface area contributed by atoms with Crippen molar-refractivity contribution in [2.24, 2.45) is 0 Å². The number of hydrogen-bond donors (Lipinski definition) is 1. The zero-order valence-electron chi connectivity index (χ0n) is 10.7. The van der Waals surface area contributed by atoms with Crippen molar-refractivity contribution in [1.82, 2.24) is 4.37 Å². The van der Waals surface area contributed by atoms with Crippen LogP contribution in [-0.4, -0.2) is 15.4 Å². The van der Waals surface area contributed by atoms with E-state index in [0.717, 1.165) is 16.2 Å². The van der Waals surface area contributed by atoms with Crippen molar-refractivity contribution in [1.29, 1.82) is 0 Å². The predicted molar refractivity (Wildman–Crippen MR) is 77.0 cm³/mol. The number of hydrogen-bond acceptors (Lipinski definition) is 4. The fourth-order valence-corrected chi connectivity index (χ4v) is 2.67. The van der Waals surface area contributed by atoms with E-state index >= 15 is 0 Å². The molecular formula is C15H10FNO3S. The van der Waals surface area contributed by atoms with Crippen LogP contribution in [0, 0.1) is 5.82 Å². The molecule has 0 amide bonds. The van der Waals surface area contributed by atoms with Crippen LogP contribution in [0.1, 0.15) is 11.7 Å². The van der Waals surface area contributed by atoms with Crippen molar-refractivity contribution in [2.45, 2.75) is 6.10 Å². The van der Waals surface area contributed by atoms with Gasteiger partial charge in [-0.3, -0.25) is 0 Å². The van der Waals surface area contributed by atoms with E-state index < -0.39 is 17.9 Å². The molecule has 0 radical (unpaired) electrons. The largest absolute Gasteiger partial charge is 0.478 e. The van der Waals surface area contributed by atoms with Gasteiger partial charge < -0.3 is 9.84 Å². The zero-order valence-corrected chi connectivity index (χ0v) is 11.5. The molecule has 0 aliphatic carbocycles. The molecule has 4 nitrogen and oxygen atoms in total. The Morgan fingerprint density at radius 1 is 1.24 bits per heavy atom. The number of ether oxygens (including phenoxy) is 1. The normalized spacial score (nSPS) is 12.2. The fourth-order valence-electron chi connectivity index (χ4n) is 1.97. The minimum absolute atomic E-state index is 0.130. The summed E-state index contributed by atoms with van der Waals surface area (Å²) in [7, 11) is 0. The Balaban J connectivity index is 1.99. The molecule has 0 bridgehead atoms. The number of carboxylic acid groups (broad SMARTS) is 1. The number of aromatic nitrogens is 1. The number of carbonyl (C=O) groups is 1. The maximum Gasteiger partial charge on any atom is 0.349 e. The summed E-state index contributed by atoms with van der Waals surface area (Å²) in [6, 6.07) is 12.8. The summed E-state index contributed by atoms with van der Waals surface area (Å²) in [6.07, 6.45) is -1.18. The van der Waals surface area contributed by atoms with E-state index in [-0.39, 0.29) is 5.88 Å². The van der Waals surface area contributed by atoms with Gasteiger partial charge in [0.05, 0.1) is 10.1 Å². The van der Waals surface area contributed by atoms with Crippen LogP contribution in [0.3, 0.4) is 0 Å². The van der Waals surface area contributed by atoms with Gasteiger partial charge in [0.2, 0.25) is 12.0 Å². The molecule has 2 aromatic carbocycles. The Bertz CT molecular complexity index is 788. The van der Waals surface area contributed by atoms with Gasteiger partial charge in [-0.2, -0.15) is 4.37 Å². The van der Waals surface area contributed by atoms with E-state index in [1.807, 2.05) is 0 Å². The maximum atomic E-state index is 13.3. The molecule has 6 heteroatoms. The van der Waals surface area contributed by atoms with E-state index in [1.54, 1.807) is 36.4 Å². The second-order valence-corrected chi connectivity index (χ2v) is 5.18. The Labute approximate surface area is 123 Å². The Morgan fingerprint density at radius 2 is 2.00 bits per heavy atom. The third-order valence-electron chi connectivity index (χ3n) is 2.96. The van der Waals surface area contributed by atoms with Crippen LogP contribution in [0.5, 0.6) is 5.88 Å². The lowest BCUT2D eigenvalue weighted by Gasteiger charge is -2.13. The van der Waals surface area contributed by atoms with Gasteiger partial charge in [0, 0.05) is 5.56 Å². The van der Waals surface area contributed by atoms with Gasteiger partial charge in [-0.05, 0) is 29.7 Å². The average molecular weight is 303 g/mol. The molecule has 0 aliphatic rings. The number of halogens is 1. The van der Waals surface area contributed by atoms with Crippen LogP contribution >= 0.6 is 11.5 Å². The smallest absolute Gasteiger partial charge is 0.349 e. The molecule has 106 valence electrons. The lowest BCUT2D eigenvalue weighted by molar-refractivity contribution is -0.145. The summed E-state index contributed by atoms with van der Waals surface area (Å²) in [6.45, 7) is 0. The molecule has 0 saturated heterocycles. The molecule has 3 rings (SSSR count). The van der Waals surface area contributed by atoms with Gasteiger partial charge in [-0.1, -0.05) is 30.3 Å². The van der Waals surface area contributed by atoms with E-state index in [2.05, 4.69) is 4.37 Å². The van der Waals surface area contributed by atoms with Crippen molar-refractivity contribution in [3.8, 4) is 5.88 Å². The van der Waals surface area contributed by atoms with Gasteiger partial charge in [-0.15, -0.1) is 0 Å². The molecule has 0 spiro atoms. The second-order valence-electron chi connectivity index (χ2n) is 4.38. The molecule has 1 atom stereocenters. The average Bonchev–Trinajstić information content (AvgIpc) is 2.87. The number of rotatable bonds is 4. The molecule has 1 aromatic heterocycles. The molecule has 3 aromatic rings. The zero-order chi connectivity index (χ0) is 14.8. The highest BCUT2D eigenvalue weighted by molar-refractivity contribution is 7.13. The highest BCUT2D eigenvalue weighted by atomic mass is 32.1. The van der Waals surface area contributed by atoms with Gasteiger partial charge in [0.15, 0.2) is 0 Å². The van der Waals surface area contributed by atoms with Gasteiger partial charge in [0.1, 0.15) is 5.82 Å². The van der Waals surface area contributed by atoms with Crippen LogP contribution in [0.25, 0.3) is 10.1 Å². The first-order valence-electron chi connectivity index (χ1n) is 6.14. The van der Waals surface area contributed by atoms with Crippen molar-refractivity contribution in [3.05, 3.63) is 59.9 Å². The number of aliphatic carboxylic acids is 1. The third-order valence-corrected chi connectivity index (χ3v) is 3.76. The minimum atomic E-state index is -1.18. The summed E-state index contributed by atoms with van der Waals surface area (Å²) in [5, 5.41) is 9.80. The highest BCUT2D eigenvalue weighted by Crippen LogP contribution is 2.32. The summed E-state index contributed by atoms with van der Waals surface area (Å²) in [4.78, 5) is 11.4. The monoisotopic (exact) mass is 303 g/mol. The number of fused-ring (bicyclic) bond motifs is 1. The van der Waals surface area contributed by atoms with E-state index in [9.17, 15) is 14.3 Å².